The molecule has 14 heavy (non-hydrogen) atoms. The Bertz CT molecular complexity index is 193. The molecule has 0 heterocycles. The number of hydrogen-bond acceptors (Lipinski definition) is 4. The van der Waals surface area contributed by atoms with Crippen molar-refractivity contribution >= 4 is 5.91 Å². The maximum atomic E-state index is 11.3. The maximum absolute atomic E-state index is 11.3. The van der Waals surface area contributed by atoms with Gasteiger partial charge < -0.3 is 14.4 Å². The Morgan fingerprint density at radius 3 is 2.14 bits per heavy atom. The smallest absolute Gasteiger partial charge is 0.236 e. The van der Waals surface area contributed by atoms with Crippen molar-refractivity contribution in [2.24, 2.45) is 0 Å². The molecule has 80 valence electrons. The molecule has 0 bridgehead atoms. The van der Waals surface area contributed by atoms with E-state index in [1.807, 2.05) is 6.07 Å². The minimum atomic E-state index is -0.179. The first-order valence-electron chi connectivity index (χ1n) is 4.38. The highest BCUT2D eigenvalue weighted by molar-refractivity contribution is 5.78. The summed E-state index contributed by atoms with van der Waals surface area (Å²) in [7, 11) is 3.15. The van der Waals surface area contributed by atoms with E-state index in [4.69, 9.17) is 14.7 Å². The van der Waals surface area contributed by atoms with Crippen LogP contribution in [0.5, 0.6) is 0 Å². The van der Waals surface area contributed by atoms with Gasteiger partial charge in [-0.3, -0.25) is 4.79 Å². The average Bonchev–Trinajstić information content (AvgIpc) is 2.18. The summed E-state index contributed by atoms with van der Waals surface area (Å²) in [5, 5.41) is 8.38. The first-order chi connectivity index (χ1) is 6.76. The Balaban J connectivity index is 3.95. The normalized spacial score (nSPS) is 9.50. The van der Waals surface area contributed by atoms with Crippen molar-refractivity contribution in [3.8, 4) is 6.07 Å². The fraction of sp³-hybridized carbons (Fsp3) is 0.778. The molecule has 0 N–H and O–H groups in total. The molecule has 5 heteroatoms. The summed E-state index contributed by atoms with van der Waals surface area (Å²) in [6, 6.07) is 1.83. The van der Waals surface area contributed by atoms with E-state index in [0.29, 0.717) is 26.3 Å². The summed E-state index contributed by atoms with van der Waals surface area (Å²) < 4.78 is 9.73. The van der Waals surface area contributed by atoms with E-state index in [1.54, 1.807) is 19.1 Å². The minimum absolute atomic E-state index is 0.0899. The van der Waals surface area contributed by atoms with Crippen LogP contribution >= 0.6 is 0 Å². The molecule has 0 spiro atoms. The molecular weight excluding hydrogens is 184 g/mol. The van der Waals surface area contributed by atoms with Gasteiger partial charge in [-0.1, -0.05) is 0 Å². The number of nitriles is 1. The number of rotatable bonds is 7. The zero-order valence-corrected chi connectivity index (χ0v) is 8.65. The van der Waals surface area contributed by atoms with Gasteiger partial charge in [0.15, 0.2) is 0 Å². The second-order valence-corrected chi connectivity index (χ2v) is 2.70. The lowest BCUT2D eigenvalue weighted by molar-refractivity contribution is -0.131. The highest BCUT2D eigenvalue weighted by Gasteiger charge is 2.11. The zero-order valence-electron chi connectivity index (χ0n) is 8.65. The average molecular weight is 200 g/mol. The number of carbonyl (C=O) groups excluding carboxylic acids is 1. The van der Waals surface area contributed by atoms with Gasteiger partial charge in [0.05, 0.1) is 19.3 Å². The van der Waals surface area contributed by atoms with Gasteiger partial charge >= 0.3 is 0 Å². The van der Waals surface area contributed by atoms with Crippen molar-refractivity contribution in [3.05, 3.63) is 0 Å². The summed E-state index contributed by atoms with van der Waals surface area (Å²) in [4.78, 5) is 12.9. The first-order valence-corrected chi connectivity index (χ1v) is 4.38. The van der Waals surface area contributed by atoms with Crippen molar-refractivity contribution in [2.45, 2.75) is 6.42 Å². The van der Waals surface area contributed by atoms with Crippen LogP contribution in [0.2, 0.25) is 0 Å². The molecule has 0 atom stereocenters. The van der Waals surface area contributed by atoms with Crippen molar-refractivity contribution < 1.29 is 14.3 Å². The van der Waals surface area contributed by atoms with Gasteiger partial charge in [-0.25, -0.2) is 0 Å². The van der Waals surface area contributed by atoms with E-state index < -0.39 is 0 Å². The Labute approximate surface area is 84.2 Å². The van der Waals surface area contributed by atoms with Crippen LogP contribution in [-0.4, -0.2) is 51.3 Å². The topological polar surface area (TPSA) is 62.6 Å². The van der Waals surface area contributed by atoms with Crippen LogP contribution in [0.1, 0.15) is 6.42 Å². The van der Waals surface area contributed by atoms with Crippen LogP contribution in [-0.2, 0) is 14.3 Å². The molecule has 0 saturated carbocycles. The molecule has 0 aromatic carbocycles. The quantitative estimate of drug-likeness (QED) is 0.581. The standard InChI is InChI=1S/C9H16N2O3/c1-13-7-5-11(6-8-14-2)9(12)3-4-10/h3,5-8H2,1-2H3. The number of amides is 1. The maximum Gasteiger partial charge on any atom is 0.236 e. The Kier molecular flexibility index (Phi) is 7.80. The Morgan fingerprint density at radius 2 is 1.79 bits per heavy atom. The third-order valence-corrected chi connectivity index (χ3v) is 1.71. The molecule has 0 fully saturated rings. The van der Waals surface area contributed by atoms with Gasteiger partial charge in [0.25, 0.3) is 0 Å². The SMILES string of the molecule is COCCN(CCOC)C(=O)CC#N. The van der Waals surface area contributed by atoms with Crippen LogP contribution in [0.25, 0.3) is 0 Å². The van der Waals surface area contributed by atoms with Crippen LogP contribution in [0.4, 0.5) is 0 Å². The molecule has 1 amide bonds. The fourth-order valence-electron chi connectivity index (χ4n) is 0.944. The highest BCUT2D eigenvalue weighted by Crippen LogP contribution is 1.94. The molecule has 0 saturated heterocycles. The monoisotopic (exact) mass is 200 g/mol. The predicted molar refractivity (Wildman–Crippen MR) is 50.6 cm³/mol. The molecule has 0 aliphatic heterocycles. The second-order valence-electron chi connectivity index (χ2n) is 2.70. The summed E-state index contributed by atoms with van der Waals surface area (Å²) >= 11 is 0. The predicted octanol–water partition coefficient (Wildman–Crippen LogP) is 0.0215. The zero-order chi connectivity index (χ0) is 10.8. The van der Waals surface area contributed by atoms with Gasteiger partial charge in [-0.2, -0.15) is 5.26 Å². The van der Waals surface area contributed by atoms with Gasteiger partial charge in [-0.15, -0.1) is 0 Å². The van der Waals surface area contributed by atoms with Crippen LogP contribution < -0.4 is 0 Å². The lowest BCUT2D eigenvalue weighted by Gasteiger charge is -2.20. The lowest BCUT2D eigenvalue weighted by atomic mass is 10.3. The largest absolute Gasteiger partial charge is 0.383 e. The van der Waals surface area contributed by atoms with Crippen LogP contribution in [0, 0.1) is 11.3 Å². The lowest BCUT2D eigenvalue weighted by Crippen LogP contribution is -2.36. The number of carbonyl (C=O) groups is 1. The van der Waals surface area contributed by atoms with Crippen molar-refractivity contribution in [1.29, 1.82) is 5.26 Å². The number of nitrogens with zero attached hydrogens (tertiary/aromatic N) is 2. The first kappa shape index (κ1) is 12.9. The molecule has 0 aliphatic carbocycles. The van der Waals surface area contributed by atoms with Crippen molar-refractivity contribution in [1.82, 2.24) is 4.90 Å². The Morgan fingerprint density at radius 1 is 1.29 bits per heavy atom. The summed E-state index contributed by atoms with van der Waals surface area (Å²) in [5.74, 6) is -0.179. The van der Waals surface area contributed by atoms with Gasteiger partial charge in [0.2, 0.25) is 5.91 Å². The molecule has 5 nitrogen and oxygen atoms in total. The summed E-state index contributed by atoms with van der Waals surface area (Å²) in [6.07, 6.45) is -0.0899. The van der Waals surface area contributed by atoms with Crippen LogP contribution in [0.15, 0.2) is 0 Å². The Hall–Kier alpha value is -1.12. The van der Waals surface area contributed by atoms with E-state index in [1.165, 1.54) is 0 Å². The molecule has 0 radical (unpaired) electrons. The van der Waals surface area contributed by atoms with E-state index >= 15 is 0 Å². The van der Waals surface area contributed by atoms with Gasteiger partial charge in [0, 0.05) is 27.3 Å². The van der Waals surface area contributed by atoms with Gasteiger partial charge in [-0.05, 0) is 0 Å². The molecule has 0 unspecified atom stereocenters. The van der Waals surface area contributed by atoms with E-state index in [9.17, 15) is 4.79 Å². The van der Waals surface area contributed by atoms with Crippen molar-refractivity contribution in [2.75, 3.05) is 40.5 Å². The molecule has 0 rings (SSSR count). The summed E-state index contributed by atoms with van der Waals surface area (Å²) in [6.45, 7) is 1.95. The number of hydrogen-bond donors (Lipinski definition) is 0. The number of ether oxygens (including phenoxy) is 2. The fourth-order valence-corrected chi connectivity index (χ4v) is 0.944. The number of methoxy groups -OCH3 is 2. The van der Waals surface area contributed by atoms with E-state index in [2.05, 4.69) is 0 Å². The molecular formula is C9H16N2O3. The molecule has 0 aliphatic rings. The van der Waals surface area contributed by atoms with E-state index in [0.717, 1.165) is 0 Å². The highest BCUT2D eigenvalue weighted by atomic mass is 16.5. The minimum Gasteiger partial charge on any atom is -0.383 e. The van der Waals surface area contributed by atoms with Crippen molar-refractivity contribution in [3.63, 3.8) is 0 Å². The van der Waals surface area contributed by atoms with Gasteiger partial charge in [0.1, 0.15) is 6.42 Å². The molecule has 0 aromatic heterocycles. The third-order valence-electron chi connectivity index (χ3n) is 1.71. The summed E-state index contributed by atoms with van der Waals surface area (Å²) in [5.41, 5.74) is 0. The molecule has 0 aromatic rings. The third kappa shape index (κ3) is 5.51. The second kappa shape index (κ2) is 8.48. The van der Waals surface area contributed by atoms with E-state index in [-0.39, 0.29) is 12.3 Å². The van der Waals surface area contributed by atoms with Crippen LogP contribution in [0.3, 0.4) is 0 Å².